The molecule has 7 heteroatoms. The highest BCUT2D eigenvalue weighted by atomic mass is 79.9. The van der Waals surface area contributed by atoms with Gasteiger partial charge in [0.05, 0.1) is 16.1 Å². The fraction of sp³-hybridized carbons (Fsp3) is 0.214. The van der Waals surface area contributed by atoms with Gasteiger partial charge in [0, 0.05) is 23.5 Å². The Morgan fingerprint density at radius 3 is 2.52 bits per heavy atom. The second kappa shape index (κ2) is 6.11. The van der Waals surface area contributed by atoms with E-state index >= 15 is 0 Å². The van der Waals surface area contributed by atoms with Crippen LogP contribution in [0.15, 0.2) is 41.1 Å². The Bertz CT molecular complexity index is 643. The van der Waals surface area contributed by atoms with Crippen molar-refractivity contribution < 1.29 is 17.6 Å². The zero-order valence-electron chi connectivity index (χ0n) is 10.9. The highest BCUT2D eigenvalue weighted by molar-refractivity contribution is 9.10. The second-order valence-electron chi connectivity index (χ2n) is 4.33. The van der Waals surface area contributed by atoms with Crippen LogP contribution in [-0.2, 0) is 6.18 Å². The van der Waals surface area contributed by atoms with Crippen LogP contribution in [0.1, 0.15) is 22.7 Å². The third-order valence-corrected chi connectivity index (χ3v) is 3.66. The van der Waals surface area contributed by atoms with E-state index < -0.39 is 23.6 Å². The third-order valence-electron chi connectivity index (χ3n) is 3.05. The van der Waals surface area contributed by atoms with Gasteiger partial charge in [0.1, 0.15) is 5.82 Å². The molecule has 0 spiro atoms. The van der Waals surface area contributed by atoms with Crippen molar-refractivity contribution in [1.29, 1.82) is 0 Å². The quantitative estimate of drug-likeness (QED) is 0.823. The molecule has 0 aliphatic heterocycles. The average molecular weight is 363 g/mol. The molecule has 0 aliphatic carbocycles. The largest absolute Gasteiger partial charge is 0.416 e. The number of nitrogens with zero attached hydrogens (tertiary/aromatic N) is 1. The van der Waals surface area contributed by atoms with Crippen LogP contribution >= 0.6 is 15.9 Å². The fourth-order valence-corrected chi connectivity index (χ4v) is 2.50. The summed E-state index contributed by atoms with van der Waals surface area (Å²) in [5.41, 5.74) is -0.842. The van der Waals surface area contributed by atoms with Gasteiger partial charge in [-0.3, -0.25) is 4.98 Å². The number of halogens is 5. The molecule has 0 aliphatic rings. The van der Waals surface area contributed by atoms with Crippen molar-refractivity contribution in [1.82, 2.24) is 10.3 Å². The highest BCUT2D eigenvalue weighted by Gasteiger charge is 2.36. The van der Waals surface area contributed by atoms with Crippen LogP contribution in [0.2, 0.25) is 0 Å². The molecule has 1 unspecified atom stereocenters. The highest BCUT2D eigenvalue weighted by Crippen LogP contribution is 2.37. The lowest BCUT2D eigenvalue weighted by Gasteiger charge is -2.22. The molecule has 0 saturated carbocycles. The summed E-state index contributed by atoms with van der Waals surface area (Å²) in [5.74, 6) is -0.603. The molecule has 1 heterocycles. The summed E-state index contributed by atoms with van der Waals surface area (Å²) in [6.45, 7) is 0. The lowest BCUT2D eigenvalue weighted by molar-refractivity contribution is -0.138. The second-order valence-corrected chi connectivity index (χ2v) is 5.18. The number of rotatable bonds is 3. The Hall–Kier alpha value is -1.47. The first kappa shape index (κ1) is 15.9. The lowest BCUT2D eigenvalue weighted by atomic mass is 9.95. The Balaban J connectivity index is 2.60. The minimum atomic E-state index is -4.53. The summed E-state index contributed by atoms with van der Waals surface area (Å²) in [7, 11) is 1.47. The molecule has 0 bridgehead atoms. The van der Waals surface area contributed by atoms with Crippen LogP contribution in [0.25, 0.3) is 0 Å². The van der Waals surface area contributed by atoms with Gasteiger partial charge in [0.15, 0.2) is 0 Å². The molecule has 0 saturated heterocycles. The van der Waals surface area contributed by atoms with E-state index in [-0.39, 0.29) is 15.6 Å². The van der Waals surface area contributed by atoms with Gasteiger partial charge in [-0.1, -0.05) is 12.1 Å². The molecule has 1 aromatic carbocycles. The molecular formula is C14H11BrF4N2. The maximum atomic E-state index is 14.2. The van der Waals surface area contributed by atoms with E-state index in [9.17, 15) is 17.6 Å². The molecule has 21 heavy (non-hydrogen) atoms. The van der Waals surface area contributed by atoms with Crippen LogP contribution in [-0.4, -0.2) is 12.0 Å². The van der Waals surface area contributed by atoms with Gasteiger partial charge in [0.2, 0.25) is 0 Å². The Labute approximate surface area is 127 Å². The molecule has 1 N–H and O–H groups in total. The van der Waals surface area contributed by atoms with Crippen LogP contribution < -0.4 is 5.32 Å². The van der Waals surface area contributed by atoms with E-state index in [1.165, 1.54) is 19.2 Å². The standard InChI is InChI=1S/C14H11BrF4N2/c1-20-13(8-3-2-4-11(15)12(8)16)9-7-21-6-5-10(9)14(17,18)19/h2-7,13,20H,1H3. The van der Waals surface area contributed by atoms with Crippen molar-refractivity contribution in [2.45, 2.75) is 12.2 Å². The summed E-state index contributed by atoms with van der Waals surface area (Å²) >= 11 is 3.03. The predicted molar refractivity (Wildman–Crippen MR) is 74.2 cm³/mol. The van der Waals surface area contributed by atoms with Crippen LogP contribution in [0.5, 0.6) is 0 Å². The molecule has 0 amide bonds. The summed E-state index contributed by atoms with van der Waals surface area (Å²) in [4.78, 5) is 3.73. The number of nitrogens with one attached hydrogen (secondary N) is 1. The molecular weight excluding hydrogens is 352 g/mol. The van der Waals surface area contributed by atoms with Crippen molar-refractivity contribution in [3.05, 3.63) is 63.6 Å². The van der Waals surface area contributed by atoms with Gasteiger partial charge in [-0.05, 0) is 35.1 Å². The van der Waals surface area contributed by atoms with E-state index in [0.29, 0.717) is 0 Å². The van der Waals surface area contributed by atoms with E-state index in [0.717, 1.165) is 18.5 Å². The molecule has 0 radical (unpaired) electrons. The number of hydrogen-bond donors (Lipinski definition) is 1. The molecule has 1 atom stereocenters. The first-order valence-corrected chi connectivity index (χ1v) is 6.78. The van der Waals surface area contributed by atoms with Crippen LogP contribution in [0, 0.1) is 5.82 Å². The molecule has 1 aromatic heterocycles. The average Bonchev–Trinajstić information content (AvgIpc) is 2.44. The third kappa shape index (κ3) is 3.24. The smallest absolute Gasteiger partial charge is 0.309 e. The first-order chi connectivity index (χ1) is 9.86. The first-order valence-electron chi connectivity index (χ1n) is 5.98. The Morgan fingerprint density at radius 2 is 1.90 bits per heavy atom. The van der Waals surface area contributed by atoms with Gasteiger partial charge in [0.25, 0.3) is 0 Å². The van der Waals surface area contributed by atoms with Crippen molar-refractivity contribution in [3.63, 3.8) is 0 Å². The SMILES string of the molecule is CNC(c1cnccc1C(F)(F)F)c1cccc(Br)c1F. The van der Waals surface area contributed by atoms with Gasteiger partial charge < -0.3 is 5.32 Å². The maximum absolute atomic E-state index is 14.2. The number of benzene rings is 1. The van der Waals surface area contributed by atoms with Crippen LogP contribution in [0.3, 0.4) is 0 Å². The summed E-state index contributed by atoms with van der Waals surface area (Å²) < 4.78 is 53.6. The van der Waals surface area contributed by atoms with E-state index in [1.54, 1.807) is 6.07 Å². The predicted octanol–water partition coefficient (Wildman–Crippen LogP) is 4.31. The van der Waals surface area contributed by atoms with Crippen LogP contribution in [0.4, 0.5) is 17.6 Å². The number of aromatic nitrogens is 1. The number of alkyl halides is 3. The molecule has 2 rings (SSSR count). The summed E-state index contributed by atoms with van der Waals surface area (Å²) in [5, 5.41) is 2.71. The topological polar surface area (TPSA) is 24.9 Å². The van der Waals surface area contributed by atoms with Gasteiger partial charge in [-0.25, -0.2) is 4.39 Å². The minimum Gasteiger partial charge on any atom is -0.309 e. The van der Waals surface area contributed by atoms with Gasteiger partial charge in [-0.2, -0.15) is 13.2 Å². The monoisotopic (exact) mass is 362 g/mol. The molecule has 2 aromatic rings. The minimum absolute atomic E-state index is 0.116. The number of hydrogen-bond acceptors (Lipinski definition) is 2. The molecule has 112 valence electrons. The fourth-order valence-electron chi connectivity index (χ4n) is 2.12. The lowest BCUT2D eigenvalue weighted by Crippen LogP contribution is -2.23. The van der Waals surface area contributed by atoms with Gasteiger partial charge in [-0.15, -0.1) is 0 Å². The van der Waals surface area contributed by atoms with Crippen molar-refractivity contribution >= 4 is 15.9 Å². The summed E-state index contributed by atoms with van der Waals surface area (Å²) in [6.07, 6.45) is -2.36. The maximum Gasteiger partial charge on any atom is 0.416 e. The summed E-state index contributed by atoms with van der Waals surface area (Å²) in [6, 6.07) is 4.42. The Kier molecular flexibility index (Phi) is 4.63. The Morgan fingerprint density at radius 1 is 1.19 bits per heavy atom. The van der Waals surface area contributed by atoms with E-state index in [2.05, 4.69) is 26.2 Å². The molecule has 2 nitrogen and oxygen atoms in total. The van der Waals surface area contributed by atoms with E-state index in [4.69, 9.17) is 0 Å². The van der Waals surface area contributed by atoms with Crippen molar-refractivity contribution in [3.8, 4) is 0 Å². The van der Waals surface area contributed by atoms with Crippen molar-refractivity contribution in [2.24, 2.45) is 0 Å². The van der Waals surface area contributed by atoms with E-state index in [1.807, 2.05) is 0 Å². The number of pyridine rings is 1. The van der Waals surface area contributed by atoms with Gasteiger partial charge >= 0.3 is 6.18 Å². The zero-order chi connectivity index (χ0) is 15.6. The normalized spacial score (nSPS) is 13.2. The zero-order valence-corrected chi connectivity index (χ0v) is 12.5. The molecule has 0 fully saturated rings. The van der Waals surface area contributed by atoms with Crippen molar-refractivity contribution in [2.75, 3.05) is 7.05 Å².